The minimum absolute atomic E-state index is 0.169. The van der Waals surface area contributed by atoms with Crippen LogP contribution in [0.4, 0.5) is 0 Å². The molecule has 16 heavy (non-hydrogen) atoms. The maximum atomic E-state index is 11.3. The van der Waals surface area contributed by atoms with Crippen LogP contribution in [0.25, 0.3) is 0 Å². The molecule has 7 nitrogen and oxygen atoms in total. The molecule has 0 spiro atoms. The van der Waals surface area contributed by atoms with Crippen molar-refractivity contribution in [1.82, 2.24) is 5.32 Å². The number of sulfone groups is 1. The van der Waals surface area contributed by atoms with Crippen LogP contribution in [0, 0.1) is 0 Å². The van der Waals surface area contributed by atoms with Crippen LogP contribution >= 0.6 is 0 Å². The van der Waals surface area contributed by atoms with Crippen molar-refractivity contribution in [2.45, 2.75) is 24.6 Å². The summed E-state index contributed by atoms with van der Waals surface area (Å²) in [7, 11) is -3.56. The second kappa shape index (κ2) is 5.80. The van der Waals surface area contributed by atoms with Crippen molar-refractivity contribution in [3.05, 3.63) is 0 Å². The molecule has 0 aliphatic carbocycles. The third kappa shape index (κ3) is 4.58. The van der Waals surface area contributed by atoms with Gasteiger partial charge in [0.1, 0.15) is 11.3 Å². The number of rotatable bonds is 6. The summed E-state index contributed by atoms with van der Waals surface area (Å²) in [6.45, 7) is 0.757. The summed E-state index contributed by atoms with van der Waals surface area (Å²) in [5.74, 6) is -2.20. The maximum Gasteiger partial charge on any atom is 0.326 e. The number of aliphatic carboxylic acids is 1. The van der Waals surface area contributed by atoms with Crippen LogP contribution in [0.15, 0.2) is 0 Å². The van der Waals surface area contributed by atoms with Gasteiger partial charge in [0.2, 0.25) is 5.91 Å². The highest BCUT2D eigenvalue weighted by Crippen LogP contribution is 2.00. The second-order valence-electron chi connectivity index (χ2n) is 3.38. The molecule has 0 saturated heterocycles. The normalized spacial score (nSPS) is 15.2. The first kappa shape index (κ1) is 14.8. The number of aliphatic hydroxyl groups excluding tert-OH is 1. The summed E-state index contributed by atoms with van der Waals surface area (Å²) in [5.41, 5.74) is 0. The van der Waals surface area contributed by atoms with Gasteiger partial charge in [-0.25, -0.2) is 13.2 Å². The van der Waals surface area contributed by atoms with Gasteiger partial charge in [-0.15, -0.1) is 0 Å². The summed E-state index contributed by atoms with van der Waals surface area (Å²) in [5, 5.41) is 18.0. The zero-order chi connectivity index (χ0) is 12.9. The van der Waals surface area contributed by atoms with Crippen molar-refractivity contribution in [1.29, 1.82) is 0 Å². The third-order valence-corrected chi connectivity index (χ3v) is 3.54. The molecule has 0 fully saturated rings. The predicted molar refractivity (Wildman–Crippen MR) is 55.6 cm³/mol. The molecule has 2 atom stereocenters. The van der Waals surface area contributed by atoms with Gasteiger partial charge in [0, 0.05) is 19.3 Å². The van der Waals surface area contributed by atoms with Gasteiger partial charge < -0.3 is 15.5 Å². The molecule has 0 aliphatic rings. The van der Waals surface area contributed by atoms with E-state index < -0.39 is 39.6 Å². The van der Waals surface area contributed by atoms with Gasteiger partial charge in [-0.1, -0.05) is 0 Å². The molecule has 0 aliphatic heterocycles. The van der Waals surface area contributed by atoms with Gasteiger partial charge in [0.15, 0.2) is 9.84 Å². The monoisotopic (exact) mass is 253 g/mol. The van der Waals surface area contributed by atoms with Gasteiger partial charge in [0.25, 0.3) is 0 Å². The van der Waals surface area contributed by atoms with Crippen LogP contribution < -0.4 is 5.32 Å². The third-order valence-electron chi connectivity index (χ3n) is 2.04. The van der Waals surface area contributed by atoms with E-state index in [1.165, 1.54) is 6.92 Å². The Morgan fingerprint density at radius 3 is 2.19 bits per heavy atom. The molecule has 8 heteroatoms. The van der Waals surface area contributed by atoms with Crippen molar-refractivity contribution >= 4 is 21.7 Å². The van der Waals surface area contributed by atoms with Gasteiger partial charge in [-0.05, 0) is 6.92 Å². The first-order valence-corrected chi connectivity index (χ1v) is 6.48. The summed E-state index contributed by atoms with van der Waals surface area (Å²) >= 11 is 0. The van der Waals surface area contributed by atoms with E-state index in [0.717, 1.165) is 6.26 Å². The Morgan fingerprint density at radius 2 is 1.88 bits per heavy atom. The van der Waals surface area contributed by atoms with E-state index in [1.54, 1.807) is 0 Å². The zero-order valence-corrected chi connectivity index (χ0v) is 9.82. The minimum Gasteiger partial charge on any atom is -0.480 e. The largest absolute Gasteiger partial charge is 0.480 e. The fraction of sp³-hybridized carbons (Fsp3) is 0.750. The highest BCUT2D eigenvalue weighted by Gasteiger charge is 2.27. The number of carboxylic acid groups (broad SMARTS) is 1. The summed E-state index contributed by atoms with van der Waals surface area (Å²) < 4.78 is 22.0. The fourth-order valence-electron chi connectivity index (χ4n) is 0.870. The van der Waals surface area contributed by atoms with E-state index in [9.17, 15) is 18.0 Å². The summed E-state index contributed by atoms with van der Waals surface area (Å²) in [4.78, 5) is 22.0. The predicted octanol–water partition coefficient (Wildman–Crippen LogP) is -1.63. The Balaban J connectivity index is 4.59. The molecule has 1 unspecified atom stereocenters. The highest BCUT2D eigenvalue weighted by atomic mass is 32.2. The van der Waals surface area contributed by atoms with Crippen molar-refractivity contribution in [2.75, 3.05) is 12.9 Å². The molecular formula is C8H15NO6S. The van der Waals surface area contributed by atoms with E-state index in [4.69, 9.17) is 10.2 Å². The summed E-state index contributed by atoms with van der Waals surface area (Å²) in [6.07, 6.45) is 0.719. The smallest absolute Gasteiger partial charge is 0.326 e. The first-order chi connectivity index (χ1) is 7.20. The van der Waals surface area contributed by atoms with Crippen LogP contribution in [0.5, 0.6) is 0 Å². The van der Waals surface area contributed by atoms with E-state index in [0.29, 0.717) is 0 Å². The quantitative estimate of drug-likeness (QED) is 0.522. The van der Waals surface area contributed by atoms with Crippen LogP contribution in [0.3, 0.4) is 0 Å². The molecule has 0 radical (unpaired) electrons. The molecule has 0 bridgehead atoms. The van der Waals surface area contributed by atoms with Crippen LogP contribution in [-0.4, -0.2) is 54.7 Å². The first-order valence-electron chi connectivity index (χ1n) is 4.53. The van der Waals surface area contributed by atoms with E-state index in [-0.39, 0.29) is 6.42 Å². The number of carbonyl (C=O) groups excluding carboxylic acids is 1. The molecule has 0 aromatic rings. The molecule has 0 rings (SSSR count). The second-order valence-corrected chi connectivity index (χ2v) is 5.75. The fourth-order valence-corrected chi connectivity index (χ4v) is 1.33. The van der Waals surface area contributed by atoms with E-state index >= 15 is 0 Å². The van der Waals surface area contributed by atoms with Gasteiger partial charge in [-0.3, -0.25) is 4.79 Å². The van der Waals surface area contributed by atoms with Crippen molar-refractivity contribution < 1.29 is 28.2 Å². The lowest BCUT2D eigenvalue weighted by Crippen LogP contribution is -2.47. The standard InChI is InChI=1S/C8H15NO6S/c1-5(16(2,14)15)7(11)9-6(3-4-10)8(12)13/h5-6,10H,3-4H2,1-2H3,(H,9,11)(H,12,13)/t5?,6-/m0/s1. The Labute approximate surface area is 93.4 Å². The molecule has 0 aromatic carbocycles. The maximum absolute atomic E-state index is 11.3. The topological polar surface area (TPSA) is 121 Å². The van der Waals surface area contributed by atoms with Crippen LogP contribution in [-0.2, 0) is 19.4 Å². The summed E-state index contributed by atoms with van der Waals surface area (Å²) in [6, 6.07) is -1.28. The van der Waals surface area contributed by atoms with E-state index in [2.05, 4.69) is 0 Å². The number of hydrogen-bond acceptors (Lipinski definition) is 5. The Morgan fingerprint density at radius 1 is 1.38 bits per heavy atom. The molecule has 0 heterocycles. The van der Waals surface area contributed by atoms with Crippen LogP contribution in [0.2, 0.25) is 0 Å². The van der Waals surface area contributed by atoms with Crippen LogP contribution in [0.1, 0.15) is 13.3 Å². The average Bonchev–Trinajstić information content (AvgIpc) is 2.14. The molecule has 94 valence electrons. The minimum atomic E-state index is -3.56. The lowest BCUT2D eigenvalue weighted by molar-refractivity contribution is -0.142. The zero-order valence-electron chi connectivity index (χ0n) is 9.00. The van der Waals surface area contributed by atoms with Crippen molar-refractivity contribution in [3.63, 3.8) is 0 Å². The number of carboxylic acids is 1. The molecule has 1 amide bonds. The molecule has 3 N–H and O–H groups in total. The van der Waals surface area contributed by atoms with Gasteiger partial charge in [-0.2, -0.15) is 0 Å². The van der Waals surface area contributed by atoms with Gasteiger partial charge in [0.05, 0.1) is 0 Å². The van der Waals surface area contributed by atoms with E-state index in [1.807, 2.05) is 5.32 Å². The SMILES string of the molecule is CC(C(=O)N[C@@H](CCO)C(=O)O)S(C)(=O)=O. The lowest BCUT2D eigenvalue weighted by Gasteiger charge is -2.15. The number of nitrogens with one attached hydrogen (secondary N) is 1. The number of aliphatic hydroxyl groups is 1. The number of hydrogen-bond donors (Lipinski definition) is 3. The molecular weight excluding hydrogens is 238 g/mol. The Hall–Kier alpha value is -1.15. The highest BCUT2D eigenvalue weighted by molar-refractivity contribution is 7.92. The van der Waals surface area contributed by atoms with Crippen molar-refractivity contribution in [2.24, 2.45) is 0 Å². The molecule has 0 aromatic heterocycles. The lowest BCUT2D eigenvalue weighted by atomic mass is 10.2. The Kier molecular flexibility index (Phi) is 5.39. The number of carbonyl (C=O) groups is 2. The van der Waals surface area contributed by atoms with Crippen molar-refractivity contribution in [3.8, 4) is 0 Å². The van der Waals surface area contributed by atoms with Gasteiger partial charge >= 0.3 is 5.97 Å². The number of amides is 1. The average molecular weight is 253 g/mol. The molecule has 0 saturated carbocycles. The Bertz CT molecular complexity index is 363.